The summed E-state index contributed by atoms with van der Waals surface area (Å²) >= 11 is 0. The SMILES string of the molecule is CN(C)c1ccc(NCCC(=O)Nc2ccc3c(c2)OCO3)cc1. The van der Waals surface area contributed by atoms with E-state index in [4.69, 9.17) is 9.47 Å². The predicted octanol–water partition coefficient (Wildman–Crippen LogP) is 2.92. The smallest absolute Gasteiger partial charge is 0.231 e. The molecule has 6 heteroatoms. The standard InChI is InChI=1S/C18H21N3O3/c1-21(2)15-6-3-13(4-7-15)19-10-9-18(22)20-14-5-8-16-17(11-14)24-12-23-16/h3-8,11,19H,9-10,12H2,1-2H3,(H,20,22). The number of hydrogen-bond acceptors (Lipinski definition) is 5. The average Bonchev–Trinajstić information content (AvgIpc) is 3.03. The van der Waals surface area contributed by atoms with Crippen LogP contribution in [0.3, 0.4) is 0 Å². The molecule has 6 nitrogen and oxygen atoms in total. The number of nitrogens with one attached hydrogen (secondary N) is 2. The van der Waals surface area contributed by atoms with Crippen molar-refractivity contribution in [2.75, 3.05) is 43.0 Å². The highest BCUT2D eigenvalue weighted by atomic mass is 16.7. The Labute approximate surface area is 141 Å². The van der Waals surface area contributed by atoms with Gasteiger partial charge in [-0.1, -0.05) is 0 Å². The van der Waals surface area contributed by atoms with Gasteiger partial charge in [0.15, 0.2) is 11.5 Å². The summed E-state index contributed by atoms with van der Waals surface area (Å²) in [6, 6.07) is 13.5. The van der Waals surface area contributed by atoms with Crippen LogP contribution in [0.25, 0.3) is 0 Å². The minimum atomic E-state index is -0.0497. The Balaban J connectivity index is 1.45. The number of ether oxygens (including phenoxy) is 2. The van der Waals surface area contributed by atoms with Gasteiger partial charge in [-0.25, -0.2) is 0 Å². The van der Waals surface area contributed by atoms with E-state index in [1.165, 1.54) is 0 Å². The lowest BCUT2D eigenvalue weighted by atomic mass is 10.2. The van der Waals surface area contributed by atoms with E-state index in [2.05, 4.69) is 10.6 Å². The Morgan fingerprint density at radius 1 is 1.04 bits per heavy atom. The van der Waals surface area contributed by atoms with Crippen molar-refractivity contribution in [3.63, 3.8) is 0 Å². The summed E-state index contributed by atoms with van der Waals surface area (Å²) in [5, 5.41) is 6.11. The molecule has 1 heterocycles. The van der Waals surface area contributed by atoms with Gasteiger partial charge in [-0.05, 0) is 36.4 Å². The second kappa shape index (κ2) is 7.12. The van der Waals surface area contributed by atoms with Gasteiger partial charge in [-0.15, -0.1) is 0 Å². The van der Waals surface area contributed by atoms with Crippen LogP contribution in [0.1, 0.15) is 6.42 Å². The summed E-state index contributed by atoms with van der Waals surface area (Å²) in [7, 11) is 4.01. The molecule has 0 bridgehead atoms. The van der Waals surface area contributed by atoms with Gasteiger partial charge in [0.05, 0.1) is 0 Å². The topological polar surface area (TPSA) is 62.8 Å². The molecule has 0 fully saturated rings. The number of benzene rings is 2. The molecule has 2 aromatic carbocycles. The Morgan fingerprint density at radius 2 is 1.75 bits per heavy atom. The van der Waals surface area contributed by atoms with Gasteiger partial charge in [-0.3, -0.25) is 4.79 Å². The summed E-state index contributed by atoms with van der Waals surface area (Å²) < 4.78 is 10.5. The van der Waals surface area contributed by atoms with Crippen molar-refractivity contribution < 1.29 is 14.3 Å². The summed E-state index contributed by atoms with van der Waals surface area (Å²) in [5.41, 5.74) is 2.84. The lowest BCUT2D eigenvalue weighted by Crippen LogP contribution is -2.16. The second-order valence-electron chi connectivity index (χ2n) is 5.73. The molecule has 0 radical (unpaired) electrons. The Bertz CT molecular complexity index is 714. The second-order valence-corrected chi connectivity index (χ2v) is 5.73. The van der Waals surface area contributed by atoms with Gasteiger partial charge in [0.1, 0.15) is 0 Å². The summed E-state index contributed by atoms with van der Waals surface area (Å²) in [4.78, 5) is 14.1. The highest BCUT2D eigenvalue weighted by Crippen LogP contribution is 2.34. The third-order valence-corrected chi connectivity index (χ3v) is 3.72. The quantitative estimate of drug-likeness (QED) is 0.854. The number of fused-ring (bicyclic) bond motifs is 1. The van der Waals surface area contributed by atoms with Gasteiger partial charge in [-0.2, -0.15) is 0 Å². The van der Waals surface area contributed by atoms with Crippen LogP contribution < -0.4 is 25.0 Å². The number of carbonyl (C=O) groups excluding carboxylic acids is 1. The van der Waals surface area contributed by atoms with Gasteiger partial charge in [0.25, 0.3) is 0 Å². The predicted molar refractivity (Wildman–Crippen MR) is 95.1 cm³/mol. The van der Waals surface area contributed by atoms with Crippen LogP contribution in [0.15, 0.2) is 42.5 Å². The molecule has 3 rings (SSSR count). The van der Waals surface area contributed by atoms with Crippen LogP contribution >= 0.6 is 0 Å². The number of nitrogens with zero attached hydrogens (tertiary/aromatic N) is 1. The minimum Gasteiger partial charge on any atom is -0.454 e. The maximum absolute atomic E-state index is 12.0. The first-order valence-electron chi connectivity index (χ1n) is 7.82. The van der Waals surface area contributed by atoms with E-state index in [0.29, 0.717) is 30.2 Å². The van der Waals surface area contributed by atoms with Crippen LogP contribution in [-0.2, 0) is 4.79 Å². The number of anilines is 3. The molecule has 1 aliphatic rings. The lowest BCUT2D eigenvalue weighted by molar-refractivity contribution is -0.115. The molecule has 0 atom stereocenters. The van der Waals surface area contributed by atoms with Gasteiger partial charge < -0.3 is 25.0 Å². The van der Waals surface area contributed by atoms with Crippen molar-refractivity contribution >= 4 is 23.0 Å². The molecule has 2 aromatic rings. The minimum absolute atomic E-state index is 0.0497. The number of rotatable bonds is 6. The van der Waals surface area contributed by atoms with Crippen molar-refractivity contribution in [3.8, 4) is 11.5 Å². The molecule has 0 unspecified atom stereocenters. The van der Waals surface area contributed by atoms with Crippen molar-refractivity contribution in [2.24, 2.45) is 0 Å². The Hall–Kier alpha value is -2.89. The fourth-order valence-electron chi connectivity index (χ4n) is 2.40. The molecule has 1 amide bonds. The Kier molecular flexibility index (Phi) is 4.74. The van der Waals surface area contributed by atoms with E-state index in [0.717, 1.165) is 11.4 Å². The average molecular weight is 327 g/mol. The van der Waals surface area contributed by atoms with E-state index >= 15 is 0 Å². The lowest BCUT2D eigenvalue weighted by Gasteiger charge is -2.13. The number of hydrogen-bond donors (Lipinski definition) is 2. The van der Waals surface area contributed by atoms with Crippen molar-refractivity contribution in [3.05, 3.63) is 42.5 Å². The molecule has 24 heavy (non-hydrogen) atoms. The molecule has 0 spiro atoms. The number of amides is 1. The van der Waals surface area contributed by atoms with Gasteiger partial charge >= 0.3 is 0 Å². The first-order chi connectivity index (χ1) is 11.6. The van der Waals surface area contributed by atoms with E-state index in [-0.39, 0.29) is 12.7 Å². The van der Waals surface area contributed by atoms with E-state index in [1.807, 2.05) is 43.3 Å². The van der Waals surface area contributed by atoms with Crippen molar-refractivity contribution in [2.45, 2.75) is 6.42 Å². The fraction of sp³-hybridized carbons (Fsp3) is 0.278. The molecular weight excluding hydrogens is 306 g/mol. The molecule has 0 saturated carbocycles. The van der Waals surface area contributed by atoms with Crippen LogP contribution in [0, 0.1) is 0 Å². The maximum Gasteiger partial charge on any atom is 0.231 e. The normalized spacial score (nSPS) is 11.9. The highest BCUT2D eigenvalue weighted by molar-refractivity contribution is 5.91. The molecule has 2 N–H and O–H groups in total. The zero-order valence-corrected chi connectivity index (χ0v) is 13.8. The summed E-state index contributed by atoms with van der Waals surface area (Å²) in [6.07, 6.45) is 0.379. The zero-order chi connectivity index (χ0) is 16.9. The molecule has 1 aliphatic heterocycles. The van der Waals surface area contributed by atoms with Gasteiger partial charge in [0.2, 0.25) is 12.7 Å². The highest BCUT2D eigenvalue weighted by Gasteiger charge is 2.14. The van der Waals surface area contributed by atoms with E-state index in [9.17, 15) is 4.79 Å². The largest absolute Gasteiger partial charge is 0.454 e. The maximum atomic E-state index is 12.0. The third kappa shape index (κ3) is 3.90. The number of carbonyl (C=O) groups is 1. The van der Waals surface area contributed by atoms with Crippen LogP contribution in [-0.4, -0.2) is 33.3 Å². The van der Waals surface area contributed by atoms with Crippen LogP contribution in [0.5, 0.6) is 11.5 Å². The van der Waals surface area contributed by atoms with Crippen LogP contribution in [0.2, 0.25) is 0 Å². The Morgan fingerprint density at radius 3 is 2.50 bits per heavy atom. The zero-order valence-electron chi connectivity index (χ0n) is 13.8. The third-order valence-electron chi connectivity index (χ3n) is 3.72. The first kappa shape index (κ1) is 16.0. The molecular formula is C18H21N3O3. The van der Waals surface area contributed by atoms with Crippen molar-refractivity contribution in [1.29, 1.82) is 0 Å². The van der Waals surface area contributed by atoms with E-state index in [1.54, 1.807) is 18.2 Å². The monoisotopic (exact) mass is 327 g/mol. The van der Waals surface area contributed by atoms with Crippen molar-refractivity contribution in [1.82, 2.24) is 0 Å². The molecule has 0 aromatic heterocycles. The fourth-order valence-corrected chi connectivity index (χ4v) is 2.40. The molecule has 126 valence electrons. The first-order valence-corrected chi connectivity index (χ1v) is 7.82. The van der Waals surface area contributed by atoms with E-state index < -0.39 is 0 Å². The summed E-state index contributed by atoms with van der Waals surface area (Å²) in [5.74, 6) is 1.31. The van der Waals surface area contributed by atoms with Crippen LogP contribution in [0.4, 0.5) is 17.1 Å². The molecule has 0 saturated heterocycles. The summed E-state index contributed by atoms with van der Waals surface area (Å²) in [6.45, 7) is 0.793. The van der Waals surface area contributed by atoms with Gasteiger partial charge in [0, 0.05) is 50.2 Å². The molecule has 0 aliphatic carbocycles.